The van der Waals surface area contributed by atoms with Crippen molar-refractivity contribution in [3.05, 3.63) is 53.9 Å². The van der Waals surface area contributed by atoms with Crippen molar-refractivity contribution in [2.45, 2.75) is 37.6 Å². The molecule has 1 aromatic carbocycles. The maximum Gasteiger partial charge on any atom is 0.249 e. The van der Waals surface area contributed by atoms with Crippen LogP contribution < -0.4 is 0 Å². The van der Waals surface area contributed by atoms with Crippen molar-refractivity contribution < 1.29 is 12.9 Å². The molecule has 4 rings (SSSR count). The van der Waals surface area contributed by atoms with Crippen LogP contribution in [0.2, 0.25) is 0 Å². The molecule has 0 saturated carbocycles. The summed E-state index contributed by atoms with van der Waals surface area (Å²) in [4.78, 5) is 0.148. The van der Waals surface area contributed by atoms with Crippen LogP contribution in [0.5, 0.6) is 0 Å². The molecule has 136 valence electrons. The van der Waals surface area contributed by atoms with Gasteiger partial charge in [-0.15, -0.1) is 10.2 Å². The Morgan fingerprint density at radius 2 is 1.96 bits per heavy atom. The lowest BCUT2D eigenvalue weighted by Crippen LogP contribution is -2.32. The van der Waals surface area contributed by atoms with E-state index in [2.05, 4.69) is 15.4 Å². The van der Waals surface area contributed by atoms with E-state index in [0.717, 1.165) is 12.1 Å². The molecule has 1 aliphatic heterocycles. The quantitative estimate of drug-likeness (QED) is 0.697. The summed E-state index contributed by atoms with van der Waals surface area (Å²) in [5.74, 6) is 0.918. The molecule has 3 aromatic rings. The molecule has 1 unspecified atom stereocenters. The topological polar surface area (TPSA) is 94.1 Å². The van der Waals surface area contributed by atoms with Gasteiger partial charge in [0.25, 0.3) is 0 Å². The number of para-hydroxylation sites is 1. The van der Waals surface area contributed by atoms with Crippen molar-refractivity contribution >= 4 is 10.0 Å². The first-order valence-corrected chi connectivity index (χ1v) is 9.84. The van der Waals surface area contributed by atoms with Gasteiger partial charge in [-0.2, -0.15) is 4.31 Å². The van der Waals surface area contributed by atoms with E-state index in [4.69, 9.17) is 4.52 Å². The van der Waals surface area contributed by atoms with Gasteiger partial charge < -0.3 is 4.52 Å². The maximum atomic E-state index is 13.3. The molecule has 0 spiro atoms. The molecule has 9 heteroatoms. The third-order valence-electron chi connectivity index (χ3n) is 4.64. The van der Waals surface area contributed by atoms with Gasteiger partial charge in [0, 0.05) is 12.2 Å². The van der Waals surface area contributed by atoms with E-state index in [1.807, 2.05) is 34.9 Å². The molecule has 1 saturated heterocycles. The Labute approximate surface area is 151 Å². The normalized spacial score (nSPS) is 18.5. The number of benzene rings is 1. The van der Waals surface area contributed by atoms with E-state index < -0.39 is 10.0 Å². The molecule has 0 radical (unpaired) electrons. The van der Waals surface area contributed by atoms with Gasteiger partial charge in [-0.3, -0.25) is 4.57 Å². The minimum Gasteiger partial charge on any atom is -0.360 e. The third-order valence-corrected chi connectivity index (χ3v) is 6.80. The first-order valence-electron chi connectivity index (χ1n) is 8.40. The minimum atomic E-state index is -3.73. The van der Waals surface area contributed by atoms with E-state index >= 15 is 0 Å². The summed E-state index contributed by atoms with van der Waals surface area (Å²) in [7, 11) is -3.73. The molecule has 1 aliphatic rings. The van der Waals surface area contributed by atoms with Crippen LogP contribution in [0.25, 0.3) is 5.69 Å². The summed E-state index contributed by atoms with van der Waals surface area (Å²) in [5, 5.41) is 12.0. The van der Waals surface area contributed by atoms with Gasteiger partial charge in [-0.1, -0.05) is 23.4 Å². The van der Waals surface area contributed by atoms with E-state index in [0.29, 0.717) is 30.2 Å². The Morgan fingerprint density at radius 1 is 1.19 bits per heavy atom. The molecule has 0 bridgehead atoms. The minimum absolute atomic E-state index is 0.148. The van der Waals surface area contributed by atoms with Gasteiger partial charge in [-0.05, 0) is 38.8 Å². The molecule has 1 fully saturated rings. The summed E-state index contributed by atoms with van der Waals surface area (Å²) < 4.78 is 34.9. The summed E-state index contributed by atoms with van der Waals surface area (Å²) in [6.07, 6.45) is 3.06. The van der Waals surface area contributed by atoms with Crippen LogP contribution in [0.4, 0.5) is 0 Å². The van der Waals surface area contributed by atoms with Crippen LogP contribution >= 0.6 is 0 Å². The molecule has 0 amide bonds. The number of aromatic nitrogens is 4. The monoisotopic (exact) mass is 373 g/mol. The first-order chi connectivity index (χ1) is 12.5. The molecule has 1 atom stereocenters. The largest absolute Gasteiger partial charge is 0.360 e. The Morgan fingerprint density at radius 3 is 2.65 bits per heavy atom. The number of aryl methyl sites for hydroxylation is 2. The number of hydrogen-bond donors (Lipinski definition) is 0. The van der Waals surface area contributed by atoms with Crippen LogP contribution in [-0.4, -0.2) is 39.2 Å². The zero-order chi connectivity index (χ0) is 18.3. The number of rotatable bonds is 4. The van der Waals surface area contributed by atoms with Crippen LogP contribution in [0, 0.1) is 13.8 Å². The molecule has 3 heterocycles. The average Bonchev–Trinajstić information content (AvgIpc) is 3.34. The van der Waals surface area contributed by atoms with Crippen LogP contribution in [-0.2, 0) is 10.0 Å². The van der Waals surface area contributed by atoms with Crippen LogP contribution in [0.1, 0.15) is 36.2 Å². The van der Waals surface area contributed by atoms with E-state index in [9.17, 15) is 8.42 Å². The van der Waals surface area contributed by atoms with E-state index in [-0.39, 0.29) is 10.9 Å². The second-order valence-electron chi connectivity index (χ2n) is 6.32. The third kappa shape index (κ3) is 2.63. The molecule has 0 aliphatic carbocycles. The second-order valence-corrected chi connectivity index (χ2v) is 8.15. The smallest absolute Gasteiger partial charge is 0.249 e. The van der Waals surface area contributed by atoms with E-state index in [1.165, 1.54) is 4.31 Å². The average molecular weight is 373 g/mol. The van der Waals surface area contributed by atoms with Crippen molar-refractivity contribution in [1.29, 1.82) is 0 Å². The Bertz CT molecular complexity index is 1010. The van der Waals surface area contributed by atoms with E-state index in [1.54, 1.807) is 20.2 Å². The molecular weight excluding hydrogens is 354 g/mol. The van der Waals surface area contributed by atoms with Crippen LogP contribution in [0.15, 0.2) is 46.1 Å². The van der Waals surface area contributed by atoms with Gasteiger partial charge in [0.2, 0.25) is 10.0 Å². The van der Waals surface area contributed by atoms with Crippen LogP contribution in [0.3, 0.4) is 0 Å². The predicted molar refractivity (Wildman–Crippen MR) is 93.2 cm³/mol. The fraction of sp³-hybridized carbons (Fsp3) is 0.353. The molecule has 26 heavy (non-hydrogen) atoms. The maximum absolute atomic E-state index is 13.3. The van der Waals surface area contributed by atoms with Gasteiger partial charge in [0.15, 0.2) is 11.6 Å². The number of sulfonamides is 1. The first kappa shape index (κ1) is 16.9. The fourth-order valence-electron chi connectivity index (χ4n) is 3.50. The Balaban J connectivity index is 1.77. The standard InChI is InChI=1S/C17H19N5O3S/c1-12-16(13(2)25-20-12)26(23,24)22-10-6-9-15(22)17-19-18-11-21(17)14-7-4-3-5-8-14/h3-5,7-8,11,15H,6,9-10H2,1-2H3. The second kappa shape index (κ2) is 6.33. The van der Waals surface area contributed by atoms with Crippen molar-refractivity contribution in [1.82, 2.24) is 24.2 Å². The lowest BCUT2D eigenvalue weighted by molar-refractivity contribution is 0.374. The van der Waals surface area contributed by atoms with Crippen molar-refractivity contribution in [2.24, 2.45) is 0 Å². The highest BCUT2D eigenvalue weighted by molar-refractivity contribution is 7.89. The summed E-state index contributed by atoms with van der Waals surface area (Å²) >= 11 is 0. The number of hydrogen-bond acceptors (Lipinski definition) is 6. The van der Waals surface area contributed by atoms with Gasteiger partial charge >= 0.3 is 0 Å². The van der Waals surface area contributed by atoms with Gasteiger partial charge in [0.1, 0.15) is 16.9 Å². The Hall–Kier alpha value is -2.52. The lowest BCUT2D eigenvalue weighted by Gasteiger charge is -2.23. The molecular formula is C17H19N5O3S. The van der Waals surface area contributed by atoms with Crippen molar-refractivity contribution in [2.75, 3.05) is 6.54 Å². The van der Waals surface area contributed by atoms with Gasteiger partial charge in [-0.25, -0.2) is 8.42 Å². The highest BCUT2D eigenvalue weighted by Gasteiger charge is 2.41. The van der Waals surface area contributed by atoms with Gasteiger partial charge in [0.05, 0.1) is 6.04 Å². The fourth-order valence-corrected chi connectivity index (χ4v) is 5.45. The molecule has 2 aromatic heterocycles. The zero-order valence-corrected chi connectivity index (χ0v) is 15.3. The van der Waals surface area contributed by atoms with Crippen molar-refractivity contribution in [3.8, 4) is 5.69 Å². The summed E-state index contributed by atoms with van der Waals surface area (Å²) in [6.45, 7) is 3.68. The zero-order valence-electron chi connectivity index (χ0n) is 14.5. The molecule has 8 nitrogen and oxygen atoms in total. The van der Waals surface area contributed by atoms with Crippen molar-refractivity contribution in [3.63, 3.8) is 0 Å². The number of nitrogens with zero attached hydrogens (tertiary/aromatic N) is 5. The summed E-state index contributed by atoms with van der Waals surface area (Å²) in [6, 6.07) is 9.27. The lowest BCUT2D eigenvalue weighted by atomic mass is 10.2. The Kier molecular flexibility index (Phi) is 4.12. The summed E-state index contributed by atoms with van der Waals surface area (Å²) in [5.41, 5.74) is 1.27. The predicted octanol–water partition coefficient (Wildman–Crippen LogP) is 2.40. The SMILES string of the molecule is Cc1noc(C)c1S(=O)(=O)N1CCCC1c1nncn1-c1ccccc1. The highest BCUT2D eigenvalue weighted by Crippen LogP contribution is 2.37. The molecule has 0 N–H and O–H groups in total. The highest BCUT2D eigenvalue weighted by atomic mass is 32.2.